The van der Waals surface area contributed by atoms with Crippen molar-refractivity contribution in [3.05, 3.63) is 65.3 Å². The number of aryl methyl sites for hydroxylation is 1. The second-order valence-corrected chi connectivity index (χ2v) is 7.25. The molecule has 24 heavy (non-hydrogen) atoms. The third-order valence-electron chi connectivity index (χ3n) is 3.33. The van der Waals surface area contributed by atoms with E-state index in [9.17, 15) is 9.18 Å². The molecule has 0 bridgehead atoms. The Kier molecular flexibility index (Phi) is 5.27. The highest BCUT2D eigenvalue weighted by Gasteiger charge is 2.09. The van der Waals surface area contributed by atoms with E-state index in [4.69, 9.17) is 0 Å². The Balaban J connectivity index is 1.56. The molecule has 3 rings (SSSR count). The van der Waals surface area contributed by atoms with Gasteiger partial charge < -0.3 is 5.32 Å². The van der Waals surface area contributed by atoms with Crippen molar-refractivity contribution in [1.29, 1.82) is 0 Å². The van der Waals surface area contributed by atoms with Crippen LogP contribution in [0.2, 0.25) is 0 Å². The predicted molar refractivity (Wildman–Crippen MR) is 98.0 cm³/mol. The summed E-state index contributed by atoms with van der Waals surface area (Å²) in [5, 5.41) is 4.67. The first kappa shape index (κ1) is 16.7. The molecule has 0 unspecified atom stereocenters. The molecule has 1 N–H and O–H groups in total. The summed E-state index contributed by atoms with van der Waals surface area (Å²) in [6, 6.07) is 14.6. The number of rotatable bonds is 5. The van der Waals surface area contributed by atoms with Gasteiger partial charge in [-0.1, -0.05) is 48.2 Å². The SMILES string of the molecule is Cc1ccc(NC(=O)CSc2nc(-c3ccccc3)cs2)cc1F. The van der Waals surface area contributed by atoms with Gasteiger partial charge in [-0.05, 0) is 24.6 Å². The minimum absolute atomic E-state index is 0.181. The maximum atomic E-state index is 13.5. The molecule has 6 heteroatoms. The van der Waals surface area contributed by atoms with Crippen LogP contribution >= 0.6 is 23.1 Å². The third-order valence-corrected chi connectivity index (χ3v) is 5.36. The molecule has 0 fully saturated rings. The number of anilines is 1. The molecule has 0 aliphatic rings. The number of thiazole rings is 1. The largest absolute Gasteiger partial charge is 0.325 e. The summed E-state index contributed by atoms with van der Waals surface area (Å²) in [4.78, 5) is 16.5. The number of carbonyl (C=O) groups excluding carboxylic acids is 1. The summed E-state index contributed by atoms with van der Waals surface area (Å²) in [6.07, 6.45) is 0. The van der Waals surface area contributed by atoms with Crippen molar-refractivity contribution in [3.63, 3.8) is 0 Å². The maximum absolute atomic E-state index is 13.5. The number of nitrogens with zero attached hydrogens (tertiary/aromatic N) is 1. The maximum Gasteiger partial charge on any atom is 0.234 e. The lowest BCUT2D eigenvalue weighted by Gasteiger charge is -2.05. The van der Waals surface area contributed by atoms with E-state index < -0.39 is 0 Å². The van der Waals surface area contributed by atoms with Crippen LogP contribution in [0.25, 0.3) is 11.3 Å². The minimum atomic E-state index is -0.326. The van der Waals surface area contributed by atoms with Gasteiger partial charge in [0, 0.05) is 16.6 Å². The van der Waals surface area contributed by atoms with Crippen molar-refractivity contribution in [2.45, 2.75) is 11.3 Å². The molecular weight excluding hydrogens is 343 g/mol. The molecule has 0 atom stereocenters. The lowest BCUT2D eigenvalue weighted by atomic mass is 10.2. The monoisotopic (exact) mass is 358 g/mol. The van der Waals surface area contributed by atoms with Gasteiger partial charge in [0.2, 0.25) is 5.91 Å². The van der Waals surface area contributed by atoms with Gasteiger partial charge >= 0.3 is 0 Å². The van der Waals surface area contributed by atoms with E-state index in [1.807, 2.05) is 35.7 Å². The number of hydrogen-bond acceptors (Lipinski definition) is 4. The molecule has 0 radical (unpaired) electrons. The Morgan fingerprint density at radius 1 is 1.25 bits per heavy atom. The zero-order valence-electron chi connectivity index (χ0n) is 13.0. The highest BCUT2D eigenvalue weighted by atomic mass is 32.2. The molecule has 1 aromatic heterocycles. The number of carbonyl (C=O) groups is 1. The molecule has 0 spiro atoms. The van der Waals surface area contributed by atoms with Crippen molar-refractivity contribution in [3.8, 4) is 11.3 Å². The zero-order valence-corrected chi connectivity index (χ0v) is 14.6. The van der Waals surface area contributed by atoms with E-state index in [-0.39, 0.29) is 17.5 Å². The average Bonchev–Trinajstić information content (AvgIpc) is 3.06. The molecule has 1 amide bonds. The Bertz CT molecular complexity index is 849. The zero-order chi connectivity index (χ0) is 16.9. The number of halogens is 1. The van der Waals surface area contributed by atoms with Gasteiger partial charge in [-0.25, -0.2) is 9.37 Å². The third kappa shape index (κ3) is 4.21. The summed E-state index contributed by atoms with van der Waals surface area (Å²) < 4.78 is 14.3. The van der Waals surface area contributed by atoms with Crippen LogP contribution in [-0.2, 0) is 4.79 Å². The van der Waals surface area contributed by atoms with E-state index in [1.165, 1.54) is 29.2 Å². The number of thioether (sulfide) groups is 1. The molecule has 0 saturated heterocycles. The fourth-order valence-electron chi connectivity index (χ4n) is 2.06. The Hall–Kier alpha value is -2.18. The van der Waals surface area contributed by atoms with E-state index in [2.05, 4.69) is 10.3 Å². The molecule has 0 saturated carbocycles. The van der Waals surface area contributed by atoms with Crippen LogP contribution in [0.15, 0.2) is 58.3 Å². The van der Waals surface area contributed by atoms with Crippen LogP contribution in [0.1, 0.15) is 5.56 Å². The molecule has 0 aliphatic carbocycles. The van der Waals surface area contributed by atoms with Crippen molar-refractivity contribution in [2.75, 3.05) is 11.1 Å². The van der Waals surface area contributed by atoms with Crippen LogP contribution in [0.3, 0.4) is 0 Å². The summed E-state index contributed by atoms with van der Waals surface area (Å²) in [7, 11) is 0. The molecule has 3 aromatic rings. The molecule has 3 nitrogen and oxygen atoms in total. The summed E-state index contributed by atoms with van der Waals surface area (Å²) in [6.45, 7) is 1.68. The number of aromatic nitrogens is 1. The van der Waals surface area contributed by atoms with E-state index in [1.54, 1.807) is 19.1 Å². The normalized spacial score (nSPS) is 10.6. The fraction of sp³-hybridized carbons (Fsp3) is 0.111. The van der Waals surface area contributed by atoms with Crippen LogP contribution < -0.4 is 5.32 Å². The van der Waals surface area contributed by atoms with Crippen molar-refractivity contribution < 1.29 is 9.18 Å². The van der Waals surface area contributed by atoms with Gasteiger partial charge in [0.1, 0.15) is 5.82 Å². The Morgan fingerprint density at radius 2 is 2.04 bits per heavy atom. The van der Waals surface area contributed by atoms with Crippen LogP contribution in [0, 0.1) is 12.7 Å². The van der Waals surface area contributed by atoms with E-state index in [0.717, 1.165) is 15.6 Å². The van der Waals surface area contributed by atoms with Gasteiger partial charge in [-0.2, -0.15) is 0 Å². The predicted octanol–water partition coefficient (Wildman–Crippen LogP) is 4.99. The second kappa shape index (κ2) is 7.59. The lowest BCUT2D eigenvalue weighted by molar-refractivity contribution is -0.113. The number of amides is 1. The van der Waals surface area contributed by atoms with Gasteiger partial charge in [0.15, 0.2) is 4.34 Å². The Morgan fingerprint density at radius 3 is 2.79 bits per heavy atom. The first-order chi connectivity index (χ1) is 11.6. The van der Waals surface area contributed by atoms with Gasteiger partial charge in [0.25, 0.3) is 0 Å². The number of benzene rings is 2. The lowest BCUT2D eigenvalue weighted by Crippen LogP contribution is -2.14. The first-order valence-electron chi connectivity index (χ1n) is 7.31. The Labute approximate surface area is 148 Å². The smallest absolute Gasteiger partial charge is 0.234 e. The van der Waals surface area contributed by atoms with E-state index >= 15 is 0 Å². The highest BCUT2D eigenvalue weighted by molar-refractivity contribution is 8.01. The molecule has 2 aromatic carbocycles. The number of nitrogens with one attached hydrogen (secondary N) is 1. The molecular formula is C18H15FN2OS2. The minimum Gasteiger partial charge on any atom is -0.325 e. The van der Waals surface area contributed by atoms with Crippen molar-refractivity contribution in [2.24, 2.45) is 0 Å². The first-order valence-corrected chi connectivity index (χ1v) is 9.18. The second-order valence-electron chi connectivity index (χ2n) is 5.17. The quantitative estimate of drug-likeness (QED) is 0.654. The van der Waals surface area contributed by atoms with Crippen LogP contribution in [0.4, 0.5) is 10.1 Å². The fourth-order valence-corrected chi connectivity index (χ4v) is 3.70. The van der Waals surface area contributed by atoms with E-state index in [0.29, 0.717) is 11.3 Å². The topological polar surface area (TPSA) is 42.0 Å². The summed E-state index contributed by atoms with van der Waals surface area (Å²) >= 11 is 2.88. The van der Waals surface area contributed by atoms with Crippen LogP contribution in [-0.4, -0.2) is 16.6 Å². The number of hydrogen-bond donors (Lipinski definition) is 1. The van der Waals surface area contributed by atoms with Crippen LogP contribution in [0.5, 0.6) is 0 Å². The van der Waals surface area contributed by atoms with Gasteiger partial charge in [-0.15, -0.1) is 11.3 Å². The van der Waals surface area contributed by atoms with Crippen molar-refractivity contribution >= 4 is 34.7 Å². The van der Waals surface area contributed by atoms with Gasteiger partial charge in [-0.3, -0.25) is 4.79 Å². The summed E-state index contributed by atoms with van der Waals surface area (Å²) in [5.74, 6) is -0.273. The average molecular weight is 358 g/mol. The molecule has 122 valence electrons. The molecule has 0 aliphatic heterocycles. The standard InChI is InChI=1S/C18H15FN2OS2/c1-12-7-8-14(9-15(12)19)20-17(22)11-24-18-21-16(10-23-18)13-5-3-2-4-6-13/h2-10H,11H2,1H3,(H,20,22). The van der Waals surface area contributed by atoms with Gasteiger partial charge in [0.05, 0.1) is 11.4 Å². The highest BCUT2D eigenvalue weighted by Crippen LogP contribution is 2.28. The molecule has 1 heterocycles. The van der Waals surface area contributed by atoms with Crippen molar-refractivity contribution in [1.82, 2.24) is 4.98 Å². The summed E-state index contributed by atoms with van der Waals surface area (Å²) in [5.41, 5.74) is 2.98.